The Morgan fingerprint density at radius 3 is 1.94 bits per heavy atom. The smallest absolute Gasteiger partial charge is 0.135 e. The van der Waals surface area contributed by atoms with Crippen LogP contribution in [0.4, 0.5) is 5.82 Å². The molecule has 2 heterocycles. The molecule has 0 bridgehead atoms. The molecule has 5 rings (SSSR count). The number of halogens is 1. The van der Waals surface area contributed by atoms with Gasteiger partial charge in [0.25, 0.3) is 0 Å². The van der Waals surface area contributed by atoms with Gasteiger partial charge in [-0.15, -0.1) is 0 Å². The van der Waals surface area contributed by atoms with Crippen LogP contribution in [0.3, 0.4) is 0 Å². The number of hydrogen-bond donors (Lipinski definition) is 1. The maximum atomic E-state index is 6.66. The Balaban J connectivity index is 1.36. The summed E-state index contributed by atoms with van der Waals surface area (Å²) in [6, 6.07) is 28.6. The number of aromatic nitrogens is 2. The molecule has 1 aliphatic heterocycles. The van der Waals surface area contributed by atoms with Crippen LogP contribution in [-0.2, 0) is 13.1 Å². The van der Waals surface area contributed by atoms with Gasteiger partial charge in [-0.3, -0.25) is 9.80 Å². The first-order chi connectivity index (χ1) is 16.2. The summed E-state index contributed by atoms with van der Waals surface area (Å²) in [4.78, 5) is 4.99. The van der Waals surface area contributed by atoms with Crippen LogP contribution >= 0.6 is 11.6 Å². The van der Waals surface area contributed by atoms with E-state index in [1.807, 2.05) is 47.1 Å². The van der Waals surface area contributed by atoms with E-state index in [4.69, 9.17) is 22.4 Å². The van der Waals surface area contributed by atoms with Crippen LogP contribution in [0, 0.1) is 0 Å². The zero-order chi connectivity index (χ0) is 22.6. The summed E-state index contributed by atoms with van der Waals surface area (Å²) >= 11 is 6.09. The zero-order valence-electron chi connectivity index (χ0n) is 18.6. The maximum absolute atomic E-state index is 6.66. The minimum atomic E-state index is 0.654. The van der Waals surface area contributed by atoms with Gasteiger partial charge in [0.05, 0.1) is 11.4 Å². The Morgan fingerprint density at radius 2 is 1.30 bits per heavy atom. The van der Waals surface area contributed by atoms with Crippen molar-refractivity contribution in [2.24, 2.45) is 0 Å². The average molecular weight is 458 g/mol. The van der Waals surface area contributed by atoms with Crippen LogP contribution in [0.5, 0.6) is 0 Å². The van der Waals surface area contributed by atoms with Crippen LogP contribution in [0.25, 0.3) is 16.8 Å². The molecule has 0 aliphatic carbocycles. The lowest BCUT2D eigenvalue weighted by Crippen LogP contribution is -2.45. The van der Waals surface area contributed by atoms with Crippen molar-refractivity contribution in [3.05, 3.63) is 101 Å². The number of piperazine rings is 1. The van der Waals surface area contributed by atoms with Crippen molar-refractivity contribution >= 4 is 17.4 Å². The van der Waals surface area contributed by atoms with Crippen LogP contribution < -0.4 is 5.73 Å². The van der Waals surface area contributed by atoms with E-state index in [-0.39, 0.29) is 0 Å². The second kappa shape index (κ2) is 9.79. The molecule has 0 unspecified atom stereocenters. The summed E-state index contributed by atoms with van der Waals surface area (Å²) in [7, 11) is 0. The molecule has 168 valence electrons. The molecule has 1 fully saturated rings. The molecule has 1 saturated heterocycles. The molecular formula is C27H28ClN5. The van der Waals surface area contributed by atoms with Gasteiger partial charge in [-0.25, -0.2) is 4.68 Å². The standard InChI is InChI=1S/C27H28ClN5/c28-23-11-13-24(14-12-23)33-27(29)26(22-9-5-2-6-10-22)25(30-33)20-32-17-15-31(16-18-32)19-21-7-3-1-4-8-21/h1-14H,15-20,29H2. The normalized spacial score (nSPS) is 15.1. The van der Waals surface area contributed by atoms with E-state index < -0.39 is 0 Å². The molecule has 5 nitrogen and oxygen atoms in total. The molecule has 0 saturated carbocycles. The highest BCUT2D eigenvalue weighted by molar-refractivity contribution is 6.30. The predicted molar refractivity (Wildman–Crippen MR) is 135 cm³/mol. The lowest BCUT2D eigenvalue weighted by atomic mass is 10.0. The molecule has 1 aliphatic rings. The van der Waals surface area contributed by atoms with E-state index in [1.54, 1.807) is 0 Å². The van der Waals surface area contributed by atoms with Crippen molar-refractivity contribution in [3.63, 3.8) is 0 Å². The summed E-state index contributed by atoms with van der Waals surface area (Å²) < 4.78 is 1.83. The fourth-order valence-electron chi connectivity index (χ4n) is 4.45. The average Bonchev–Trinajstić information content (AvgIpc) is 3.17. The maximum Gasteiger partial charge on any atom is 0.135 e. The number of nitrogens with zero attached hydrogens (tertiary/aromatic N) is 4. The second-order valence-electron chi connectivity index (χ2n) is 8.50. The van der Waals surface area contributed by atoms with E-state index in [0.717, 1.165) is 61.8 Å². The molecule has 3 aromatic carbocycles. The first-order valence-corrected chi connectivity index (χ1v) is 11.7. The molecule has 33 heavy (non-hydrogen) atoms. The van der Waals surface area contributed by atoms with Gasteiger partial charge in [0.1, 0.15) is 5.82 Å². The number of anilines is 1. The van der Waals surface area contributed by atoms with Crippen molar-refractivity contribution in [2.75, 3.05) is 31.9 Å². The first-order valence-electron chi connectivity index (χ1n) is 11.3. The van der Waals surface area contributed by atoms with Crippen molar-refractivity contribution in [1.29, 1.82) is 0 Å². The third-order valence-electron chi connectivity index (χ3n) is 6.21. The fourth-order valence-corrected chi connectivity index (χ4v) is 4.57. The minimum absolute atomic E-state index is 0.654. The van der Waals surface area contributed by atoms with Gasteiger partial charge in [-0.2, -0.15) is 5.10 Å². The minimum Gasteiger partial charge on any atom is -0.383 e. The number of hydrogen-bond acceptors (Lipinski definition) is 4. The third-order valence-corrected chi connectivity index (χ3v) is 6.47. The quantitative estimate of drug-likeness (QED) is 0.438. The number of nitrogen functional groups attached to an aromatic ring is 1. The molecule has 0 atom stereocenters. The number of rotatable bonds is 6. The highest BCUT2D eigenvalue weighted by Crippen LogP contribution is 2.32. The SMILES string of the molecule is Nc1c(-c2ccccc2)c(CN2CCN(Cc3ccccc3)CC2)nn1-c1ccc(Cl)cc1. The summed E-state index contributed by atoms with van der Waals surface area (Å²) in [5.41, 5.74) is 12.0. The van der Waals surface area contributed by atoms with E-state index in [2.05, 4.69) is 52.3 Å². The van der Waals surface area contributed by atoms with Crippen LogP contribution in [0.1, 0.15) is 11.3 Å². The lowest BCUT2D eigenvalue weighted by molar-refractivity contribution is 0.121. The number of nitrogens with two attached hydrogens (primary N) is 1. The Bertz CT molecular complexity index is 1180. The van der Waals surface area contributed by atoms with E-state index in [1.165, 1.54) is 5.56 Å². The second-order valence-corrected chi connectivity index (χ2v) is 8.94. The van der Waals surface area contributed by atoms with E-state index in [9.17, 15) is 0 Å². The molecule has 0 radical (unpaired) electrons. The van der Waals surface area contributed by atoms with Gasteiger partial charge >= 0.3 is 0 Å². The van der Waals surface area contributed by atoms with Crippen molar-refractivity contribution in [3.8, 4) is 16.8 Å². The molecule has 6 heteroatoms. The van der Waals surface area contributed by atoms with Gasteiger partial charge < -0.3 is 5.73 Å². The highest BCUT2D eigenvalue weighted by Gasteiger charge is 2.23. The molecule has 2 N–H and O–H groups in total. The van der Waals surface area contributed by atoms with Gasteiger partial charge in [0, 0.05) is 49.9 Å². The van der Waals surface area contributed by atoms with Gasteiger partial charge in [-0.1, -0.05) is 72.3 Å². The van der Waals surface area contributed by atoms with Crippen molar-refractivity contribution in [1.82, 2.24) is 19.6 Å². The Labute approximate surface area is 200 Å². The Hall–Kier alpha value is -3.12. The van der Waals surface area contributed by atoms with Crippen LogP contribution in [0.15, 0.2) is 84.9 Å². The summed E-state index contributed by atoms with van der Waals surface area (Å²) in [5, 5.41) is 5.66. The van der Waals surface area contributed by atoms with Crippen LogP contribution in [0.2, 0.25) is 5.02 Å². The zero-order valence-corrected chi connectivity index (χ0v) is 19.3. The molecule has 4 aromatic rings. The lowest BCUT2D eigenvalue weighted by Gasteiger charge is -2.34. The highest BCUT2D eigenvalue weighted by atomic mass is 35.5. The van der Waals surface area contributed by atoms with Gasteiger partial charge in [-0.05, 0) is 35.4 Å². The summed E-state index contributed by atoms with van der Waals surface area (Å²) in [6.45, 7) is 5.88. The number of benzene rings is 3. The first kappa shape index (κ1) is 21.7. The van der Waals surface area contributed by atoms with Gasteiger partial charge in [0.15, 0.2) is 0 Å². The molecule has 1 aromatic heterocycles. The monoisotopic (exact) mass is 457 g/mol. The fraction of sp³-hybridized carbons (Fsp3) is 0.222. The summed E-state index contributed by atoms with van der Waals surface area (Å²) in [5.74, 6) is 0.654. The third kappa shape index (κ3) is 4.96. The van der Waals surface area contributed by atoms with E-state index >= 15 is 0 Å². The Kier molecular flexibility index (Phi) is 6.44. The molecule has 0 spiro atoms. The van der Waals surface area contributed by atoms with Crippen molar-refractivity contribution < 1.29 is 0 Å². The molecule has 0 amide bonds. The molecular weight excluding hydrogens is 430 g/mol. The topological polar surface area (TPSA) is 50.3 Å². The predicted octanol–water partition coefficient (Wildman–Crippen LogP) is 5.09. The van der Waals surface area contributed by atoms with Crippen LogP contribution in [-0.4, -0.2) is 45.8 Å². The Morgan fingerprint density at radius 1 is 0.727 bits per heavy atom. The van der Waals surface area contributed by atoms with Crippen molar-refractivity contribution in [2.45, 2.75) is 13.1 Å². The van der Waals surface area contributed by atoms with E-state index in [0.29, 0.717) is 10.8 Å². The largest absolute Gasteiger partial charge is 0.383 e. The summed E-state index contributed by atoms with van der Waals surface area (Å²) in [6.07, 6.45) is 0. The van der Waals surface area contributed by atoms with Gasteiger partial charge in [0.2, 0.25) is 0 Å².